The fourth-order valence-electron chi connectivity index (χ4n) is 3.15. The van der Waals surface area contributed by atoms with Gasteiger partial charge in [0, 0.05) is 22.7 Å². The van der Waals surface area contributed by atoms with E-state index in [0.29, 0.717) is 16.1 Å². The first-order valence-corrected chi connectivity index (χ1v) is 9.48. The molecule has 0 atom stereocenters. The summed E-state index contributed by atoms with van der Waals surface area (Å²) in [5.74, 6) is 0.380. The van der Waals surface area contributed by atoms with E-state index in [2.05, 4.69) is 11.1 Å². The van der Waals surface area contributed by atoms with Crippen LogP contribution in [0.1, 0.15) is 41.3 Å². The number of thiophene rings is 1. The van der Waals surface area contributed by atoms with Gasteiger partial charge in [0.05, 0.1) is 24.2 Å². The summed E-state index contributed by atoms with van der Waals surface area (Å²) in [5.41, 5.74) is 2.07. The summed E-state index contributed by atoms with van der Waals surface area (Å²) < 4.78 is 10.6. The fraction of sp³-hybridized carbons (Fsp3) is 0.368. The highest BCUT2D eigenvalue weighted by Gasteiger charge is 2.23. The van der Waals surface area contributed by atoms with E-state index in [9.17, 15) is 15.4 Å². The molecule has 0 bridgehead atoms. The molecular weight excluding hydrogens is 366 g/mol. The van der Waals surface area contributed by atoms with E-state index >= 15 is 0 Å². The number of ether oxygens (including phenoxy) is 2. The zero-order valence-corrected chi connectivity index (χ0v) is 16.0. The number of benzene rings is 1. The molecule has 0 amide bonds. The Kier molecular flexibility index (Phi) is 5.72. The van der Waals surface area contributed by atoms with Crippen molar-refractivity contribution in [1.82, 2.24) is 0 Å². The number of rotatable bonds is 6. The van der Waals surface area contributed by atoms with E-state index in [4.69, 9.17) is 9.47 Å². The first-order valence-electron chi connectivity index (χ1n) is 8.67. The van der Waals surface area contributed by atoms with Crippen LogP contribution in [0.5, 0.6) is 11.5 Å². The smallest absolute Gasteiger partial charge is 0.315 e. The van der Waals surface area contributed by atoms with Crippen molar-refractivity contribution >= 4 is 28.2 Å². The Morgan fingerprint density at radius 1 is 1.41 bits per heavy atom. The summed E-state index contributed by atoms with van der Waals surface area (Å²) in [6, 6.07) is 5.30. The molecule has 3 rings (SSSR count). The van der Waals surface area contributed by atoms with Gasteiger partial charge >= 0.3 is 5.69 Å². The van der Waals surface area contributed by atoms with Crippen LogP contribution in [0.2, 0.25) is 0 Å². The third-order valence-corrected chi connectivity index (χ3v) is 5.56. The highest BCUT2D eigenvalue weighted by molar-refractivity contribution is 7.16. The lowest BCUT2D eigenvalue weighted by molar-refractivity contribution is -0.385. The molecule has 1 aromatic carbocycles. The number of nitriles is 1. The van der Waals surface area contributed by atoms with E-state index in [1.54, 1.807) is 13.0 Å². The standard InChI is InChI=1S/C19H19N3O4S/c1-3-26-18-15(22(23)24)8-12(9-16(18)25-2)11-21-19-14(10-20)13-6-4-5-7-17(13)27-19/h8-9,11H,3-7H2,1-2H3. The number of hydrogen-bond donors (Lipinski definition) is 0. The van der Waals surface area contributed by atoms with Gasteiger partial charge in [0.25, 0.3) is 0 Å². The van der Waals surface area contributed by atoms with Gasteiger partial charge < -0.3 is 9.47 Å². The third-order valence-electron chi connectivity index (χ3n) is 4.36. The molecule has 1 aliphatic carbocycles. The molecule has 0 radical (unpaired) electrons. The minimum atomic E-state index is -0.505. The van der Waals surface area contributed by atoms with Crippen LogP contribution in [-0.2, 0) is 12.8 Å². The molecule has 0 N–H and O–H groups in total. The van der Waals surface area contributed by atoms with Crippen molar-refractivity contribution in [2.24, 2.45) is 4.99 Å². The van der Waals surface area contributed by atoms with E-state index in [-0.39, 0.29) is 23.8 Å². The molecule has 27 heavy (non-hydrogen) atoms. The van der Waals surface area contributed by atoms with E-state index in [1.165, 1.54) is 35.6 Å². The van der Waals surface area contributed by atoms with Crippen molar-refractivity contribution in [2.45, 2.75) is 32.6 Å². The third kappa shape index (κ3) is 3.78. The van der Waals surface area contributed by atoms with Crippen molar-refractivity contribution in [1.29, 1.82) is 5.26 Å². The Morgan fingerprint density at radius 3 is 2.85 bits per heavy atom. The van der Waals surface area contributed by atoms with Gasteiger partial charge in [-0.05, 0) is 44.2 Å². The number of nitro groups is 1. The van der Waals surface area contributed by atoms with Crippen LogP contribution >= 0.6 is 11.3 Å². The maximum Gasteiger partial charge on any atom is 0.315 e. The average Bonchev–Trinajstić information content (AvgIpc) is 3.04. The maximum absolute atomic E-state index is 11.4. The minimum absolute atomic E-state index is 0.103. The quantitative estimate of drug-likeness (QED) is 0.412. The molecule has 0 spiro atoms. The highest BCUT2D eigenvalue weighted by Crippen LogP contribution is 2.40. The predicted molar refractivity (Wildman–Crippen MR) is 104 cm³/mol. The SMILES string of the molecule is CCOc1c(OC)cc(C=Nc2sc3c(c2C#N)CCCC3)cc1[N+](=O)[O-]. The largest absolute Gasteiger partial charge is 0.493 e. The molecule has 1 aromatic heterocycles. The number of nitrogens with zero attached hydrogens (tertiary/aromatic N) is 3. The van der Waals surface area contributed by atoms with Crippen LogP contribution in [0.15, 0.2) is 17.1 Å². The van der Waals surface area contributed by atoms with E-state index in [1.807, 2.05) is 0 Å². The van der Waals surface area contributed by atoms with Gasteiger partial charge in [-0.2, -0.15) is 5.26 Å². The summed E-state index contributed by atoms with van der Waals surface area (Å²) in [4.78, 5) is 16.6. The Balaban J connectivity index is 2.01. The molecule has 2 aromatic rings. The summed E-state index contributed by atoms with van der Waals surface area (Å²) >= 11 is 1.53. The Bertz CT molecular complexity index is 943. The second kappa shape index (κ2) is 8.18. The lowest BCUT2D eigenvalue weighted by Gasteiger charge is -2.10. The molecule has 0 unspecified atom stereocenters. The predicted octanol–water partition coefficient (Wildman–Crippen LogP) is 4.56. The maximum atomic E-state index is 11.4. The first-order chi connectivity index (χ1) is 13.1. The van der Waals surface area contributed by atoms with Gasteiger partial charge in [-0.15, -0.1) is 11.3 Å². The molecular formula is C19H19N3O4S. The van der Waals surface area contributed by atoms with Crippen LogP contribution in [-0.4, -0.2) is 24.9 Å². The number of aliphatic imine (C=N–C) groups is 1. The Morgan fingerprint density at radius 2 is 2.19 bits per heavy atom. The molecule has 0 fully saturated rings. The molecule has 0 saturated heterocycles. The zero-order valence-electron chi connectivity index (χ0n) is 15.2. The van der Waals surface area contributed by atoms with Gasteiger partial charge in [-0.1, -0.05) is 0 Å². The summed E-state index contributed by atoms with van der Waals surface area (Å²) in [6.45, 7) is 2.04. The zero-order chi connectivity index (χ0) is 19.4. The number of hydrogen-bond acceptors (Lipinski definition) is 7. The second-order valence-electron chi connectivity index (χ2n) is 6.02. The van der Waals surface area contributed by atoms with Gasteiger partial charge in [0.1, 0.15) is 11.1 Å². The lowest BCUT2D eigenvalue weighted by Crippen LogP contribution is -2.01. The highest BCUT2D eigenvalue weighted by atomic mass is 32.1. The molecule has 0 aliphatic heterocycles. The summed E-state index contributed by atoms with van der Waals surface area (Å²) in [6.07, 6.45) is 5.64. The minimum Gasteiger partial charge on any atom is -0.493 e. The number of fused-ring (bicyclic) bond motifs is 1. The number of aryl methyl sites for hydroxylation is 1. The topological polar surface area (TPSA) is 97.8 Å². The molecule has 8 heteroatoms. The molecule has 140 valence electrons. The molecule has 1 aliphatic rings. The van der Waals surface area contributed by atoms with Crippen molar-refractivity contribution in [2.75, 3.05) is 13.7 Å². The summed E-state index contributed by atoms with van der Waals surface area (Å²) in [7, 11) is 1.43. The Labute approximate surface area is 161 Å². The van der Waals surface area contributed by atoms with Crippen molar-refractivity contribution in [3.63, 3.8) is 0 Å². The van der Waals surface area contributed by atoms with E-state index in [0.717, 1.165) is 31.2 Å². The van der Waals surface area contributed by atoms with Gasteiger partial charge in [-0.25, -0.2) is 4.99 Å². The normalized spacial score (nSPS) is 13.2. The van der Waals surface area contributed by atoms with Crippen molar-refractivity contribution < 1.29 is 14.4 Å². The van der Waals surface area contributed by atoms with Crippen LogP contribution < -0.4 is 9.47 Å². The van der Waals surface area contributed by atoms with Crippen molar-refractivity contribution in [3.05, 3.63) is 43.8 Å². The van der Waals surface area contributed by atoms with Gasteiger partial charge in [0.15, 0.2) is 5.75 Å². The monoisotopic (exact) mass is 385 g/mol. The van der Waals surface area contributed by atoms with Gasteiger partial charge in [-0.3, -0.25) is 10.1 Å². The number of methoxy groups -OCH3 is 1. The van der Waals surface area contributed by atoms with Crippen LogP contribution in [0.25, 0.3) is 0 Å². The lowest BCUT2D eigenvalue weighted by atomic mass is 9.96. The molecule has 7 nitrogen and oxygen atoms in total. The number of nitro benzene ring substituents is 1. The first kappa shape index (κ1) is 18.9. The van der Waals surface area contributed by atoms with E-state index < -0.39 is 4.92 Å². The average molecular weight is 385 g/mol. The van der Waals surface area contributed by atoms with Crippen molar-refractivity contribution in [3.8, 4) is 17.6 Å². The summed E-state index contributed by atoms with van der Waals surface area (Å²) in [5, 5.41) is 21.6. The molecule has 0 saturated carbocycles. The van der Waals surface area contributed by atoms with Crippen LogP contribution in [0, 0.1) is 21.4 Å². The van der Waals surface area contributed by atoms with Crippen LogP contribution in [0.3, 0.4) is 0 Å². The molecule has 1 heterocycles. The Hall–Kier alpha value is -2.92. The van der Waals surface area contributed by atoms with Gasteiger partial charge in [0.2, 0.25) is 5.75 Å². The fourth-order valence-corrected chi connectivity index (χ4v) is 4.33. The second-order valence-corrected chi connectivity index (χ2v) is 7.11. The van der Waals surface area contributed by atoms with Crippen LogP contribution in [0.4, 0.5) is 10.7 Å².